The molecule has 1 N–H and O–H groups in total. The molecule has 0 spiro atoms. The van der Waals surface area contributed by atoms with Gasteiger partial charge in [-0.15, -0.1) is 12.4 Å². The number of hydrogen-bond donors (Lipinski definition) is 1. The summed E-state index contributed by atoms with van der Waals surface area (Å²) in [6.07, 6.45) is 1.50. The molecule has 0 aromatic heterocycles. The highest BCUT2D eigenvalue weighted by Gasteiger charge is 2.35. The molecule has 4 heteroatoms. The molecule has 2 aromatic rings. The molecule has 1 atom stereocenters. The average molecular weight is 360 g/mol. The lowest BCUT2D eigenvalue weighted by molar-refractivity contribution is -0.0303. The molecule has 1 saturated heterocycles. The molecular formula is C21H26ClNO2. The Hall–Kier alpha value is -1.68. The van der Waals surface area contributed by atoms with Crippen LogP contribution in [0.3, 0.4) is 0 Å². The molecule has 1 aliphatic rings. The Kier molecular flexibility index (Phi) is 6.77. The smallest absolute Gasteiger partial charge is 0.165 e. The van der Waals surface area contributed by atoms with Gasteiger partial charge in [-0.3, -0.25) is 9.69 Å². The minimum Gasteiger partial charge on any atom is -0.389 e. The van der Waals surface area contributed by atoms with Crippen molar-refractivity contribution in [3.05, 3.63) is 71.8 Å². The van der Waals surface area contributed by atoms with Crippen molar-refractivity contribution in [2.24, 2.45) is 0 Å². The molecule has 0 saturated carbocycles. The van der Waals surface area contributed by atoms with Crippen LogP contribution in [0.2, 0.25) is 0 Å². The van der Waals surface area contributed by atoms with Crippen molar-refractivity contribution in [3.8, 4) is 0 Å². The van der Waals surface area contributed by atoms with Crippen molar-refractivity contribution in [1.82, 2.24) is 4.90 Å². The summed E-state index contributed by atoms with van der Waals surface area (Å²) in [5, 5.41) is 10.8. The van der Waals surface area contributed by atoms with Gasteiger partial charge < -0.3 is 5.11 Å². The molecule has 0 radical (unpaired) electrons. The van der Waals surface area contributed by atoms with Gasteiger partial charge in [0.25, 0.3) is 0 Å². The number of aliphatic hydroxyl groups is 1. The Morgan fingerprint density at radius 2 is 1.56 bits per heavy atom. The van der Waals surface area contributed by atoms with Crippen molar-refractivity contribution in [2.45, 2.75) is 37.8 Å². The number of carbonyl (C=O) groups is 1. The second-order valence-electron chi connectivity index (χ2n) is 6.81. The number of Topliss-reactive ketones (excluding diaryl/α,β-unsaturated/α-hetero) is 1. The first kappa shape index (κ1) is 19.6. The predicted molar refractivity (Wildman–Crippen MR) is 103 cm³/mol. The first-order chi connectivity index (χ1) is 11.6. The molecule has 1 fully saturated rings. The predicted octanol–water partition coefficient (Wildman–Crippen LogP) is 4.27. The number of ketones is 1. The number of likely N-dealkylation sites (tertiary alicyclic amines) is 1. The van der Waals surface area contributed by atoms with Gasteiger partial charge in [0.1, 0.15) is 0 Å². The molecule has 0 aliphatic carbocycles. The van der Waals surface area contributed by atoms with Crippen LogP contribution in [0, 0.1) is 0 Å². The largest absolute Gasteiger partial charge is 0.389 e. The van der Waals surface area contributed by atoms with Crippen molar-refractivity contribution < 1.29 is 9.90 Å². The van der Waals surface area contributed by atoms with E-state index in [0.717, 1.165) is 13.1 Å². The Bertz CT molecular complexity index is 667. The molecule has 25 heavy (non-hydrogen) atoms. The third-order valence-corrected chi connectivity index (χ3v) is 5.14. The van der Waals surface area contributed by atoms with Crippen LogP contribution in [0.4, 0.5) is 0 Å². The summed E-state index contributed by atoms with van der Waals surface area (Å²) in [6.45, 7) is 3.83. The fraction of sp³-hybridized carbons (Fsp3) is 0.381. The normalized spacial score (nSPS) is 18.2. The maximum atomic E-state index is 12.4. The molecule has 0 amide bonds. The van der Waals surface area contributed by atoms with Gasteiger partial charge in [0.05, 0.1) is 5.60 Å². The molecule has 134 valence electrons. The van der Waals surface area contributed by atoms with E-state index in [0.29, 0.717) is 24.4 Å². The van der Waals surface area contributed by atoms with E-state index in [-0.39, 0.29) is 24.6 Å². The van der Waals surface area contributed by atoms with Gasteiger partial charge in [0, 0.05) is 31.1 Å². The monoisotopic (exact) mass is 359 g/mol. The van der Waals surface area contributed by atoms with E-state index in [1.54, 1.807) is 0 Å². The van der Waals surface area contributed by atoms with Crippen molar-refractivity contribution in [2.75, 3.05) is 13.1 Å². The molecule has 0 bridgehead atoms. The number of rotatable bonds is 5. The van der Waals surface area contributed by atoms with Gasteiger partial charge in [-0.1, -0.05) is 60.7 Å². The van der Waals surface area contributed by atoms with Crippen molar-refractivity contribution in [3.63, 3.8) is 0 Å². The lowest BCUT2D eigenvalue weighted by Crippen LogP contribution is -2.46. The Morgan fingerprint density at radius 1 is 1.04 bits per heavy atom. The summed E-state index contributed by atoms with van der Waals surface area (Å²) in [7, 11) is 0. The van der Waals surface area contributed by atoms with Crippen LogP contribution in [0.25, 0.3) is 0 Å². The summed E-state index contributed by atoms with van der Waals surface area (Å²) in [5.41, 5.74) is 1.11. The highest BCUT2D eigenvalue weighted by Crippen LogP contribution is 2.31. The van der Waals surface area contributed by atoms with E-state index < -0.39 is 5.60 Å². The molecular weight excluding hydrogens is 334 g/mol. The standard InChI is InChI=1S/C21H25NO2.ClH/c1-17(18-8-4-2-5-9-18)22-14-12-21(24,13-15-22)16-20(23)19-10-6-3-7-11-19;/h2-11,17,24H,12-16H2,1H3;1H/t17-;/m0./s1. The number of hydrogen-bond acceptors (Lipinski definition) is 3. The van der Waals surface area contributed by atoms with Crippen LogP contribution in [-0.2, 0) is 0 Å². The van der Waals surface area contributed by atoms with Gasteiger partial charge in [-0.2, -0.15) is 0 Å². The summed E-state index contributed by atoms with van der Waals surface area (Å²) in [6, 6.07) is 20.0. The third kappa shape index (κ3) is 4.91. The minimum atomic E-state index is -0.875. The van der Waals surface area contributed by atoms with Crippen LogP contribution in [0.15, 0.2) is 60.7 Å². The molecule has 2 aromatic carbocycles. The Balaban J connectivity index is 0.00000225. The first-order valence-corrected chi connectivity index (χ1v) is 8.67. The molecule has 3 nitrogen and oxygen atoms in total. The van der Waals surface area contributed by atoms with E-state index in [9.17, 15) is 9.90 Å². The maximum absolute atomic E-state index is 12.4. The van der Waals surface area contributed by atoms with Crippen LogP contribution < -0.4 is 0 Å². The highest BCUT2D eigenvalue weighted by atomic mass is 35.5. The number of carbonyl (C=O) groups excluding carboxylic acids is 1. The van der Waals surface area contributed by atoms with Crippen LogP contribution in [0.1, 0.15) is 48.1 Å². The number of halogens is 1. The zero-order valence-electron chi connectivity index (χ0n) is 14.6. The fourth-order valence-electron chi connectivity index (χ4n) is 3.47. The van der Waals surface area contributed by atoms with Gasteiger partial charge in [0.15, 0.2) is 5.78 Å². The zero-order chi connectivity index (χ0) is 17.0. The summed E-state index contributed by atoms with van der Waals surface area (Å²) < 4.78 is 0. The quantitative estimate of drug-likeness (QED) is 0.810. The second-order valence-corrected chi connectivity index (χ2v) is 6.81. The fourth-order valence-corrected chi connectivity index (χ4v) is 3.47. The topological polar surface area (TPSA) is 40.5 Å². The number of nitrogens with zero attached hydrogens (tertiary/aromatic N) is 1. The summed E-state index contributed by atoms with van der Waals surface area (Å²) >= 11 is 0. The van der Waals surface area contributed by atoms with Crippen LogP contribution in [0.5, 0.6) is 0 Å². The van der Waals surface area contributed by atoms with Crippen LogP contribution in [-0.4, -0.2) is 34.5 Å². The second kappa shape index (κ2) is 8.61. The number of benzene rings is 2. The molecule has 0 unspecified atom stereocenters. The van der Waals surface area contributed by atoms with Gasteiger partial charge in [-0.25, -0.2) is 0 Å². The molecule has 3 rings (SSSR count). The van der Waals surface area contributed by atoms with Gasteiger partial charge in [0.2, 0.25) is 0 Å². The van der Waals surface area contributed by atoms with Crippen LogP contribution >= 0.6 is 12.4 Å². The van der Waals surface area contributed by atoms with E-state index in [1.807, 2.05) is 36.4 Å². The van der Waals surface area contributed by atoms with Crippen molar-refractivity contribution >= 4 is 18.2 Å². The maximum Gasteiger partial charge on any atom is 0.165 e. The lowest BCUT2D eigenvalue weighted by Gasteiger charge is -2.40. The number of piperidine rings is 1. The SMILES string of the molecule is C[C@@H](c1ccccc1)N1CCC(O)(CC(=O)c2ccccc2)CC1.Cl. The third-order valence-electron chi connectivity index (χ3n) is 5.14. The van der Waals surface area contributed by atoms with Crippen molar-refractivity contribution in [1.29, 1.82) is 0 Å². The van der Waals surface area contributed by atoms with E-state index >= 15 is 0 Å². The summed E-state index contributed by atoms with van der Waals surface area (Å²) in [4.78, 5) is 14.8. The van der Waals surface area contributed by atoms with Gasteiger partial charge in [-0.05, 0) is 25.3 Å². The van der Waals surface area contributed by atoms with E-state index in [4.69, 9.17) is 0 Å². The Labute approximate surface area is 156 Å². The van der Waals surface area contributed by atoms with E-state index in [2.05, 4.69) is 36.1 Å². The lowest BCUT2D eigenvalue weighted by atomic mass is 9.84. The molecule has 1 heterocycles. The zero-order valence-corrected chi connectivity index (χ0v) is 15.4. The minimum absolute atomic E-state index is 0. The average Bonchev–Trinajstić information content (AvgIpc) is 2.63. The first-order valence-electron chi connectivity index (χ1n) is 8.67. The molecule has 1 aliphatic heterocycles. The Morgan fingerprint density at radius 3 is 2.12 bits per heavy atom. The van der Waals surface area contributed by atoms with Gasteiger partial charge >= 0.3 is 0 Å². The highest BCUT2D eigenvalue weighted by molar-refractivity contribution is 5.96. The van der Waals surface area contributed by atoms with E-state index in [1.165, 1.54) is 5.56 Å². The summed E-state index contributed by atoms with van der Waals surface area (Å²) in [5.74, 6) is 0.0302.